The van der Waals surface area contributed by atoms with Crippen LogP contribution in [0.3, 0.4) is 0 Å². The number of aromatic amines is 1. The zero-order valence-electron chi connectivity index (χ0n) is 20.9. The van der Waals surface area contributed by atoms with E-state index in [1.807, 2.05) is 26.8 Å². The Morgan fingerprint density at radius 3 is 2.80 bits per heavy atom. The fourth-order valence-electron chi connectivity index (χ4n) is 3.93. The average Bonchev–Trinajstić information content (AvgIpc) is 3.31. The van der Waals surface area contributed by atoms with Crippen molar-refractivity contribution in [3.8, 4) is 0 Å². The monoisotopic (exact) mass is 496 g/mol. The summed E-state index contributed by atoms with van der Waals surface area (Å²) >= 11 is 1.68. The Morgan fingerprint density at radius 1 is 1.37 bits per heavy atom. The molecule has 0 aliphatic heterocycles. The van der Waals surface area contributed by atoms with Crippen molar-refractivity contribution in [3.05, 3.63) is 85.8 Å². The number of halogens is 1. The number of hydrogen-bond donors (Lipinski definition) is 2. The molecule has 0 fully saturated rings. The molecule has 0 radical (unpaired) electrons. The minimum absolute atomic E-state index is 0.0642. The number of H-pyrrole nitrogens is 1. The molecule has 3 aromatic heterocycles. The predicted octanol–water partition coefficient (Wildman–Crippen LogP) is 5.35. The highest BCUT2D eigenvalue weighted by atomic mass is 32.2. The third-order valence-electron chi connectivity index (χ3n) is 5.97. The summed E-state index contributed by atoms with van der Waals surface area (Å²) in [7, 11) is 0. The molecule has 0 amide bonds. The van der Waals surface area contributed by atoms with E-state index < -0.39 is 5.82 Å². The van der Waals surface area contributed by atoms with E-state index in [2.05, 4.69) is 40.2 Å². The molecule has 0 saturated carbocycles. The van der Waals surface area contributed by atoms with Crippen LogP contribution in [0, 0.1) is 11.7 Å². The first-order valence-corrected chi connectivity index (χ1v) is 12.7. The Balaban J connectivity index is 0.00000167. The Kier molecular flexibility index (Phi) is 9.03. The Morgan fingerprint density at radius 2 is 2.14 bits per heavy atom. The van der Waals surface area contributed by atoms with E-state index >= 15 is 0 Å². The van der Waals surface area contributed by atoms with E-state index in [-0.39, 0.29) is 17.9 Å². The molecular formula is C26H33FN6OS. The zero-order chi connectivity index (χ0) is 25.5. The number of anilines is 1. The van der Waals surface area contributed by atoms with Gasteiger partial charge in [0.15, 0.2) is 0 Å². The van der Waals surface area contributed by atoms with Crippen LogP contribution in [0.15, 0.2) is 51.9 Å². The van der Waals surface area contributed by atoms with Crippen molar-refractivity contribution >= 4 is 22.5 Å². The van der Waals surface area contributed by atoms with Gasteiger partial charge in [0, 0.05) is 40.4 Å². The van der Waals surface area contributed by atoms with Gasteiger partial charge in [-0.2, -0.15) is 10.2 Å². The number of nitrogens with zero attached hydrogens (tertiary/aromatic N) is 4. The van der Waals surface area contributed by atoms with Gasteiger partial charge in [0.05, 0.1) is 18.4 Å². The smallest absolute Gasteiger partial charge is 0.270 e. The van der Waals surface area contributed by atoms with Crippen LogP contribution >= 0.6 is 11.8 Å². The van der Waals surface area contributed by atoms with Crippen LogP contribution in [0.25, 0.3) is 4.91 Å². The summed E-state index contributed by atoms with van der Waals surface area (Å²) in [6.07, 6.45) is 7.86. The molecule has 0 saturated heterocycles. The SMILES string of the molecule is C/C=C(\Cc1ccn[nH]1)SC1=C(C)C(C)CCc2c1cnn(Cc1cc(F)cc(N)n1)c2=O.CC. The first-order valence-electron chi connectivity index (χ1n) is 11.9. The van der Waals surface area contributed by atoms with Crippen molar-refractivity contribution in [1.29, 1.82) is 0 Å². The molecule has 0 spiro atoms. The highest BCUT2D eigenvalue weighted by Crippen LogP contribution is 2.42. The standard InChI is InChI=1S/C24H27FN6OS.C2H6/c1-4-19(11-17-7-8-27-30-17)33-23-15(3)14(2)5-6-20-21(23)12-28-31(24(20)32)13-18-9-16(25)10-22(26)29-18;1-2/h4,7-10,12,14H,5-6,11,13H2,1-3H3,(H2,26,29)(H,27,30);1-2H3/b19-4+;. The molecule has 0 aromatic carbocycles. The zero-order valence-corrected chi connectivity index (χ0v) is 21.7. The number of thioether (sulfide) groups is 1. The number of pyridine rings is 1. The summed E-state index contributed by atoms with van der Waals surface area (Å²) in [5.41, 5.74) is 9.74. The fourth-order valence-corrected chi connectivity index (χ4v) is 5.19. The number of rotatable bonds is 6. The number of aromatic nitrogens is 5. The molecular weight excluding hydrogens is 463 g/mol. The molecule has 4 rings (SSSR count). The van der Waals surface area contributed by atoms with Gasteiger partial charge in [0.2, 0.25) is 0 Å². The average molecular weight is 497 g/mol. The summed E-state index contributed by atoms with van der Waals surface area (Å²) in [5.74, 6) is -0.0692. The first-order chi connectivity index (χ1) is 16.9. The van der Waals surface area contributed by atoms with E-state index in [4.69, 9.17) is 5.73 Å². The van der Waals surface area contributed by atoms with E-state index in [1.165, 1.54) is 16.3 Å². The molecule has 9 heteroatoms. The van der Waals surface area contributed by atoms with E-state index in [1.54, 1.807) is 24.2 Å². The molecule has 1 unspecified atom stereocenters. The lowest BCUT2D eigenvalue weighted by molar-refractivity contribution is 0.585. The van der Waals surface area contributed by atoms with Crippen LogP contribution < -0.4 is 11.3 Å². The van der Waals surface area contributed by atoms with Crippen LogP contribution in [-0.4, -0.2) is 25.0 Å². The second kappa shape index (κ2) is 12.0. The minimum Gasteiger partial charge on any atom is -0.384 e. The van der Waals surface area contributed by atoms with Crippen molar-refractivity contribution in [2.75, 3.05) is 5.73 Å². The van der Waals surface area contributed by atoms with Gasteiger partial charge >= 0.3 is 0 Å². The molecule has 35 heavy (non-hydrogen) atoms. The van der Waals surface area contributed by atoms with Crippen molar-refractivity contribution in [1.82, 2.24) is 25.0 Å². The maximum Gasteiger partial charge on any atom is 0.270 e. The third-order valence-corrected chi connectivity index (χ3v) is 7.35. The molecule has 1 aliphatic rings. The van der Waals surface area contributed by atoms with Gasteiger partial charge in [-0.3, -0.25) is 9.89 Å². The maximum absolute atomic E-state index is 13.7. The molecule has 1 aliphatic carbocycles. The summed E-state index contributed by atoms with van der Waals surface area (Å²) < 4.78 is 15.1. The van der Waals surface area contributed by atoms with Crippen molar-refractivity contribution in [3.63, 3.8) is 0 Å². The number of allylic oxidation sites excluding steroid dienone is 3. The van der Waals surface area contributed by atoms with Crippen molar-refractivity contribution in [2.24, 2.45) is 5.92 Å². The molecule has 0 bridgehead atoms. The second-order valence-electron chi connectivity index (χ2n) is 8.27. The topological polar surface area (TPSA) is 102 Å². The lowest BCUT2D eigenvalue weighted by Gasteiger charge is -2.17. The normalized spacial score (nSPS) is 15.8. The van der Waals surface area contributed by atoms with E-state index in [0.29, 0.717) is 18.0 Å². The minimum atomic E-state index is -0.484. The lowest BCUT2D eigenvalue weighted by Crippen LogP contribution is -2.28. The van der Waals surface area contributed by atoms with Crippen molar-refractivity contribution in [2.45, 2.75) is 60.4 Å². The second-order valence-corrected chi connectivity index (χ2v) is 9.41. The predicted molar refractivity (Wildman–Crippen MR) is 141 cm³/mol. The van der Waals surface area contributed by atoms with Gasteiger partial charge in [-0.25, -0.2) is 14.1 Å². The van der Waals surface area contributed by atoms with Gasteiger partial charge in [0.1, 0.15) is 11.6 Å². The number of nitrogen functional groups attached to an aromatic ring is 1. The van der Waals surface area contributed by atoms with E-state index in [0.717, 1.165) is 45.5 Å². The number of nitrogens with one attached hydrogen (secondary N) is 1. The first kappa shape index (κ1) is 26.4. The summed E-state index contributed by atoms with van der Waals surface area (Å²) in [4.78, 5) is 19.8. The largest absolute Gasteiger partial charge is 0.384 e. The molecule has 7 nitrogen and oxygen atoms in total. The molecule has 3 aromatic rings. The highest BCUT2D eigenvalue weighted by molar-refractivity contribution is 8.11. The number of nitrogens with two attached hydrogens (primary N) is 1. The summed E-state index contributed by atoms with van der Waals surface area (Å²) in [6.45, 7) is 10.4. The van der Waals surface area contributed by atoms with Gasteiger partial charge in [0.25, 0.3) is 5.56 Å². The van der Waals surface area contributed by atoms with Gasteiger partial charge in [-0.1, -0.05) is 44.2 Å². The Hall–Kier alpha value is -3.20. The number of fused-ring (bicyclic) bond motifs is 1. The highest BCUT2D eigenvalue weighted by Gasteiger charge is 2.24. The van der Waals surface area contributed by atoms with Crippen LogP contribution in [0.2, 0.25) is 0 Å². The molecule has 3 heterocycles. The van der Waals surface area contributed by atoms with Crippen LogP contribution in [-0.2, 0) is 19.4 Å². The Labute approximate surface area is 209 Å². The Bertz CT molecular complexity index is 1260. The molecule has 1 atom stereocenters. The van der Waals surface area contributed by atoms with Crippen LogP contribution in [0.4, 0.5) is 10.2 Å². The van der Waals surface area contributed by atoms with Crippen LogP contribution in [0.5, 0.6) is 0 Å². The maximum atomic E-state index is 13.7. The van der Waals surface area contributed by atoms with Crippen LogP contribution in [0.1, 0.15) is 63.6 Å². The summed E-state index contributed by atoms with van der Waals surface area (Å²) in [6, 6.07) is 4.39. The van der Waals surface area contributed by atoms with Gasteiger partial charge in [-0.15, -0.1) is 0 Å². The number of hydrogen-bond acceptors (Lipinski definition) is 6. The van der Waals surface area contributed by atoms with E-state index in [9.17, 15) is 9.18 Å². The van der Waals surface area contributed by atoms with Gasteiger partial charge < -0.3 is 5.73 Å². The summed E-state index contributed by atoms with van der Waals surface area (Å²) in [5, 5.41) is 11.5. The molecule has 3 N–H and O–H groups in total. The van der Waals surface area contributed by atoms with Crippen molar-refractivity contribution < 1.29 is 4.39 Å². The quantitative estimate of drug-likeness (QED) is 0.477. The molecule has 186 valence electrons. The third kappa shape index (κ3) is 6.28. The van der Waals surface area contributed by atoms with Gasteiger partial charge in [-0.05, 0) is 49.6 Å². The fraction of sp³-hybridized carbons (Fsp3) is 0.385. The lowest BCUT2D eigenvalue weighted by atomic mass is 9.98.